The lowest BCUT2D eigenvalue weighted by molar-refractivity contribution is -0.138. The number of pyridine rings is 1. The summed E-state index contributed by atoms with van der Waals surface area (Å²) in [6.45, 7) is 1.95. The molecule has 2 N–H and O–H groups in total. The molecule has 3 aromatic heterocycles. The number of para-hydroxylation sites is 1. The van der Waals surface area contributed by atoms with Gasteiger partial charge in [0.1, 0.15) is 16.4 Å². The average molecular weight is 544 g/mol. The monoisotopic (exact) mass is 543 g/mol. The SMILES string of the molecule is CC(CCCn1ccc2cc(-c3nc4ccccc4s3)c(F)cc2c1=O)Nc1cn[nH]c(=O)c1C(F)(F)F. The lowest BCUT2D eigenvalue weighted by Crippen LogP contribution is -2.27. The van der Waals surface area contributed by atoms with Crippen molar-refractivity contribution in [3.63, 3.8) is 0 Å². The number of benzene rings is 2. The van der Waals surface area contributed by atoms with Gasteiger partial charge in [-0.25, -0.2) is 14.5 Å². The van der Waals surface area contributed by atoms with Gasteiger partial charge < -0.3 is 9.88 Å². The van der Waals surface area contributed by atoms with Crippen LogP contribution in [-0.2, 0) is 12.7 Å². The second kappa shape index (κ2) is 10.0. The summed E-state index contributed by atoms with van der Waals surface area (Å²) in [4.78, 5) is 29.2. The predicted molar refractivity (Wildman–Crippen MR) is 139 cm³/mol. The fourth-order valence-corrected chi connectivity index (χ4v) is 5.31. The number of hydrogen-bond donors (Lipinski definition) is 2. The number of H-pyrrole nitrogens is 1. The normalized spacial score (nSPS) is 12.8. The highest BCUT2D eigenvalue weighted by Crippen LogP contribution is 2.34. The predicted octanol–water partition coefficient (Wildman–Crippen LogP) is 5.80. The van der Waals surface area contributed by atoms with E-state index in [1.807, 2.05) is 24.3 Å². The van der Waals surface area contributed by atoms with Crippen LogP contribution in [-0.4, -0.2) is 25.8 Å². The third-order valence-corrected chi connectivity index (χ3v) is 7.24. The summed E-state index contributed by atoms with van der Waals surface area (Å²) < 4.78 is 57.2. The first-order valence-electron chi connectivity index (χ1n) is 11.7. The van der Waals surface area contributed by atoms with Crippen LogP contribution < -0.4 is 16.4 Å². The van der Waals surface area contributed by atoms with Gasteiger partial charge in [0.25, 0.3) is 11.1 Å². The molecule has 5 rings (SSSR count). The van der Waals surface area contributed by atoms with Crippen molar-refractivity contribution in [1.82, 2.24) is 19.7 Å². The van der Waals surface area contributed by atoms with Crippen molar-refractivity contribution in [2.24, 2.45) is 0 Å². The molecule has 0 aliphatic rings. The van der Waals surface area contributed by atoms with Crippen LogP contribution in [0.5, 0.6) is 0 Å². The van der Waals surface area contributed by atoms with Crippen LogP contribution in [0.25, 0.3) is 31.6 Å². The van der Waals surface area contributed by atoms with E-state index in [0.29, 0.717) is 28.8 Å². The van der Waals surface area contributed by atoms with Gasteiger partial charge in [-0.3, -0.25) is 9.59 Å². The Balaban J connectivity index is 1.31. The molecule has 0 spiro atoms. The molecule has 0 radical (unpaired) electrons. The summed E-state index contributed by atoms with van der Waals surface area (Å²) in [5.74, 6) is -0.545. The van der Waals surface area contributed by atoms with Gasteiger partial charge in [-0.05, 0) is 55.5 Å². The van der Waals surface area contributed by atoms with E-state index in [0.717, 1.165) is 16.4 Å². The Morgan fingerprint density at radius 3 is 2.71 bits per heavy atom. The molecule has 5 aromatic rings. The zero-order chi connectivity index (χ0) is 27.0. The van der Waals surface area contributed by atoms with Gasteiger partial charge >= 0.3 is 6.18 Å². The molecule has 12 heteroatoms. The maximum Gasteiger partial charge on any atom is 0.423 e. The quantitative estimate of drug-likeness (QED) is 0.253. The minimum absolute atomic E-state index is 0.227. The third-order valence-electron chi connectivity index (χ3n) is 6.17. The molecule has 2 aromatic carbocycles. The molecule has 0 amide bonds. The first-order chi connectivity index (χ1) is 18.1. The van der Waals surface area contributed by atoms with E-state index in [1.165, 1.54) is 22.0 Å². The molecule has 3 heterocycles. The summed E-state index contributed by atoms with van der Waals surface area (Å²) >= 11 is 1.37. The number of hydrogen-bond acceptors (Lipinski definition) is 6. The van der Waals surface area contributed by atoms with Crippen LogP contribution in [0.3, 0.4) is 0 Å². The van der Waals surface area contributed by atoms with Crippen molar-refractivity contribution in [2.45, 2.75) is 38.5 Å². The summed E-state index contributed by atoms with van der Waals surface area (Å²) in [5.41, 5.74) is -2.33. The minimum atomic E-state index is -4.83. The van der Waals surface area contributed by atoms with E-state index in [-0.39, 0.29) is 17.5 Å². The molecule has 0 saturated carbocycles. The summed E-state index contributed by atoms with van der Waals surface area (Å²) in [6, 6.07) is 11.6. The fraction of sp³-hybridized carbons (Fsp3) is 0.231. The van der Waals surface area contributed by atoms with E-state index >= 15 is 4.39 Å². The van der Waals surface area contributed by atoms with E-state index in [1.54, 1.807) is 30.4 Å². The van der Waals surface area contributed by atoms with Gasteiger partial charge in [0.2, 0.25) is 0 Å². The number of nitrogens with one attached hydrogen (secondary N) is 2. The zero-order valence-electron chi connectivity index (χ0n) is 20.0. The van der Waals surface area contributed by atoms with Gasteiger partial charge in [0.15, 0.2) is 0 Å². The Hall–Kier alpha value is -4.06. The van der Waals surface area contributed by atoms with Crippen molar-refractivity contribution in [2.75, 3.05) is 5.32 Å². The Morgan fingerprint density at radius 1 is 1.16 bits per heavy atom. The number of aromatic amines is 1. The lowest BCUT2D eigenvalue weighted by atomic mass is 10.1. The first kappa shape index (κ1) is 25.6. The molecule has 1 atom stereocenters. The number of nitrogens with zero attached hydrogens (tertiary/aromatic N) is 3. The van der Waals surface area contributed by atoms with Crippen LogP contribution in [0.15, 0.2) is 64.4 Å². The number of alkyl halides is 3. The maximum absolute atomic E-state index is 15.1. The number of aryl methyl sites for hydroxylation is 1. The van der Waals surface area contributed by atoms with Crippen molar-refractivity contribution in [3.05, 3.63) is 86.9 Å². The molecular weight excluding hydrogens is 522 g/mol. The summed E-state index contributed by atoms with van der Waals surface area (Å²) in [7, 11) is 0. The van der Waals surface area contributed by atoms with Crippen molar-refractivity contribution in [3.8, 4) is 10.6 Å². The largest absolute Gasteiger partial charge is 0.423 e. The Labute approximate surface area is 216 Å². The molecule has 0 bridgehead atoms. The molecule has 196 valence electrons. The highest BCUT2D eigenvalue weighted by Gasteiger charge is 2.37. The van der Waals surface area contributed by atoms with Gasteiger partial charge in [-0.15, -0.1) is 11.3 Å². The molecule has 1 unspecified atom stereocenters. The van der Waals surface area contributed by atoms with Crippen LogP contribution >= 0.6 is 11.3 Å². The number of halogens is 4. The number of anilines is 1. The Bertz CT molecular complexity index is 1730. The van der Waals surface area contributed by atoms with E-state index in [4.69, 9.17) is 0 Å². The zero-order valence-corrected chi connectivity index (χ0v) is 20.8. The standard InChI is InChI=1S/C26H21F4N5O2S/c1-14(32-20-13-31-34-23(36)22(20)26(28,29)30)5-4-9-35-10-8-15-11-17(18(27)12-16(15)25(35)37)24-33-19-6-2-3-7-21(19)38-24/h2-3,6-8,10-14H,4-5,9H2,1H3,(H2,32,34,36). The van der Waals surface area contributed by atoms with E-state index in [2.05, 4.69) is 15.4 Å². The summed E-state index contributed by atoms with van der Waals surface area (Å²) in [6.07, 6.45) is -1.45. The molecular formula is C26H21F4N5O2S. The molecule has 0 fully saturated rings. The van der Waals surface area contributed by atoms with E-state index < -0.39 is 34.8 Å². The number of fused-ring (bicyclic) bond motifs is 2. The van der Waals surface area contributed by atoms with Crippen LogP contribution in [0.4, 0.5) is 23.2 Å². The van der Waals surface area contributed by atoms with Crippen LogP contribution in [0.2, 0.25) is 0 Å². The van der Waals surface area contributed by atoms with Gasteiger partial charge in [0.05, 0.1) is 27.5 Å². The molecule has 0 saturated heterocycles. The second-order valence-electron chi connectivity index (χ2n) is 8.89. The van der Waals surface area contributed by atoms with Crippen molar-refractivity contribution < 1.29 is 17.6 Å². The Morgan fingerprint density at radius 2 is 1.95 bits per heavy atom. The molecule has 7 nitrogen and oxygen atoms in total. The van der Waals surface area contributed by atoms with Gasteiger partial charge in [0, 0.05) is 24.3 Å². The molecule has 0 aliphatic carbocycles. The number of rotatable bonds is 7. The highest BCUT2D eigenvalue weighted by molar-refractivity contribution is 7.21. The first-order valence-corrected chi connectivity index (χ1v) is 12.5. The molecule has 0 aliphatic heterocycles. The fourth-order valence-electron chi connectivity index (χ4n) is 4.33. The molecule has 38 heavy (non-hydrogen) atoms. The third kappa shape index (κ3) is 5.03. The highest BCUT2D eigenvalue weighted by atomic mass is 32.1. The lowest BCUT2D eigenvalue weighted by Gasteiger charge is -2.18. The minimum Gasteiger partial charge on any atom is -0.381 e. The second-order valence-corrected chi connectivity index (χ2v) is 9.92. The number of thiazole rings is 1. The Kier molecular flexibility index (Phi) is 6.74. The number of aromatic nitrogens is 4. The van der Waals surface area contributed by atoms with Crippen LogP contribution in [0, 0.1) is 5.82 Å². The van der Waals surface area contributed by atoms with Gasteiger partial charge in [-0.2, -0.15) is 18.3 Å². The average Bonchev–Trinajstić information content (AvgIpc) is 3.29. The van der Waals surface area contributed by atoms with E-state index in [9.17, 15) is 22.8 Å². The van der Waals surface area contributed by atoms with Crippen molar-refractivity contribution >= 4 is 38.0 Å². The smallest absolute Gasteiger partial charge is 0.381 e. The topological polar surface area (TPSA) is 92.7 Å². The maximum atomic E-state index is 15.1. The van der Waals surface area contributed by atoms with Gasteiger partial charge in [-0.1, -0.05) is 12.1 Å². The van der Waals surface area contributed by atoms with Crippen molar-refractivity contribution in [1.29, 1.82) is 0 Å². The summed E-state index contributed by atoms with van der Waals surface area (Å²) in [5, 5.41) is 9.26. The van der Waals surface area contributed by atoms with Crippen LogP contribution in [0.1, 0.15) is 25.3 Å².